The molecular formula is C23H21BrN6O2. The number of nitriles is 1. The van der Waals surface area contributed by atoms with Crippen LogP contribution in [0.4, 0.5) is 5.82 Å². The third kappa shape index (κ3) is 5.04. The average molecular weight is 493 g/mol. The van der Waals surface area contributed by atoms with Crippen molar-refractivity contribution in [2.45, 2.75) is 13.1 Å². The van der Waals surface area contributed by atoms with E-state index in [2.05, 4.69) is 42.3 Å². The highest BCUT2D eigenvalue weighted by Gasteiger charge is 2.18. The molecule has 0 saturated heterocycles. The Balaban J connectivity index is 1.69. The van der Waals surface area contributed by atoms with Gasteiger partial charge in [-0.15, -0.1) is 0 Å². The number of imidazole rings is 1. The fourth-order valence-electron chi connectivity index (χ4n) is 3.15. The minimum Gasteiger partial charge on any atom is -0.461 e. The number of hydrogen-bond donors (Lipinski definition) is 1. The van der Waals surface area contributed by atoms with Gasteiger partial charge in [0.25, 0.3) is 0 Å². The van der Waals surface area contributed by atoms with E-state index >= 15 is 0 Å². The normalized spacial score (nSPS) is 10.8. The summed E-state index contributed by atoms with van der Waals surface area (Å²) in [5.74, 6) is 0.588. The van der Waals surface area contributed by atoms with E-state index in [1.165, 1.54) is 0 Å². The van der Waals surface area contributed by atoms with Gasteiger partial charge in [-0.1, -0.05) is 42.5 Å². The van der Waals surface area contributed by atoms with Crippen molar-refractivity contribution in [2.75, 3.05) is 25.6 Å². The number of rotatable bonds is 9. The molecule has 0 spiro atoms. The minimum absolute atomic E-state index is 0.249. The molecule has 1 N–H and O–H groups in total. The lowest BCUT2D eigenvalue weighted by Crippen LogP contribution is -2.10. The van der Waals surface area contributed by atoms with E-state index in [4.69, 9.17) is 14.7 Å². The van der Waals surface area contributed by atoms with Gasteiger partial charge < -0.3 is 14.8 Å². The summed E-state index contributed by atoms with van der Waals surface area (Å²) in [7, 11) is 1.62. The van der Waals surface area contributed by atoms with Crippen LogP contribution in [0.2, 0.25) is 0 Å². The molecule has 0 amide bonds. The van der Waals surface area contributed by atoms with Crippen LogP contribution in [0, 0.1) is 11.3 Å². The Morgan fingerprint density at radius 3 is 2.50 bits per heavy atom. The van der Waals surface area contributed by atoms with E-state index in [1.54, 1.807) is 19.2 Å². The van der Waals surface area contributed by atoms with Crippen LogP contribution in [-0.4, -0.2) is 39.8 Å². The van der Waals surface area contributed by atoms with Crippen molar-refractivity contribution in [3.63, 3.8) is 0 Å². The zero-order valence-electron chi connectivity index (χ0n) is 17.5. The summed E-state index contributed by atoms with van der Waals surface area (Å²) in [5.41, 5.74) is 4.03. The molecule has 0 bridgehead atoms. The maximum absolute atomic E-state index is 9.03. The van der Waals surface area contributed by atoms with Gasteiger partial charge in [0, 0.05) is 13.7 Å². The molecule has 0 aliphatic carbocycles. The van der Waals surface area contributed by atoms with E-state index in [0.717, 1.165) is 11.1 Å². The van der Waals surface area contributed by atoms with Crippen molar-refractivity contribution in [1.29, 1.82) is 5.26 Å². The van der Waals surface area contributed by atoms with Crippen LogP contribution < -0.4 is 10.1 Å². The lowest BCUT2D eigenvalue weighted by molar-refractivity contribution is 0.141. The minimum atomic E-state index is 0.249. The number of hydrogen-bond acceptors (Lipinski definition) is 7. The lowest BCUT2D eigenvalue weighted by atomic mass is 10.1. The molecular weight excluding hydrogens is 472 g/mol. The van der Waals surface area contributed by atoms with Gasteiger partial charge in [0.1, 0.15) is 6.61 Å². The fraction of sp³-hybridized carbons (Fsp3) is 0.217. The fourth-order valence-corrected chi connectivity index (χ4v) is 3.62. The molecule has 2 heterocycles. The molecule has 0 fully saturated rings. The SMILES string of the molecule is COCCOc1nc(NCc2ccccc2)c2nc(Br)n(Cc3ccc(C#N)cc3)c2n1. The zero-order chi connectivity index (χ0) is 22.3. The van der Waals surface area contributed by atoms with Crippen LogP contribution >= 0.6 is 15.9 Å². The van der Waals surface area contributed by atoms with Crippen LogP contribution in [0.1, 0.15) is 16.7 Å². The molecule has 0 aliphatic heterocycles. The standard InChI is InChI=1S/C23H21BrN6O2/c1-31-11-12-32-23-28-20(26-14-17-5-3-2-4-6-17)19-21(29-23)30(22(24)27-19)15-18-9-7-16(13-25)8-10-18/h2-10H,11-12,14-15H2,1H3,(H,26,28,29). The summed E-state index contributed by atoms with van der Waals surface area (Å²) in [6.07, 6.45) is 0. The van der Waals surface area contributed by atoms with E-state index in [0.29, 0.717) is 53.6 Å². The molecule has 162 valence electrons. The molecule has 32 heavy (non-hydrogen) atoms. The second-order valence-electron chi connectivity index (χ2n) is 6.98. The highest BCUT2D eigenvalue weighted by molar-refractivity contribution is 9.10. The zero-order valence-corrected chi connectivity index (χ0v) is 19.0. The number of anilines is 1. The second kappa shape index (κ2) is 10.2. The van der Waals surface area contributed by atoms with Crippen molar-refractivity contribution < 1.29 is 9.47 Å². The van der Waals surface area contributed by atoms with Gasteiger partial charge in [-0.2, -0.15) is 15.2 Å². The van der Waals surface area contributed by atoms with Gasteiger partial charge in [0.05, 0.1) is 24.8 Å². The smallest absolute Gasteiger partial charge is 0.320 e. The number of nitrogens with one attached hydrogen (secondary N) is 1. The molecule has 2 aromatic carbocycles. The van der Waals surface area contributed by atoms with Crippen LogP contribution in [0.15, 0.2) is 59.3 Å². The van der Waals surface area contributed by atoms with Crippen molar-refractivity contribution in [3.05, 3.63) is 76.0 Å². The van der Waals surface area contributed by atoms with Crippen molar-refractivity contribution in [3.8, 4) is 12.1 Å². The second-order valence-corrected chi connectivity index (χ2v) is 7.69. The number of nitrogens with zero attached hydrogens (tertiary/aromatic N) is 5. The Labute approximate surface area is 194 Å². The molecule has 0 atom stereocenters. The first-order chi connectivity index (χ1) is 15.7. The highest BCUT2D eigenvalue weighted by atomic mass is 79.9. The van der Waals surface area contributed by atoms with Gasteiger partial charge in [0.15, 0.2) is 21.7 Å². The summed E-state index contributed by atoms with van der Waals surface area (Å²) in [6.45, 7) is 1.88. The highest BCUT2D eigenvalue weighted by Crippen LogP contribution is 2.27. The molecule has 8 nitrogen and oxygen atoms in total. The summed E-state index contributed by atoms with van der Waals surface area (Å²) in [4.78, 5) is 13.8. The first-order valence-corrected chi connectivity index (χ1v) is 10.8. The van der Waals surface area contributed by atoms with Crippen LogP contribution in [0.25, 0.3) is 11.2 Å². The van der Waals surface area contributed by atoms with Crippen LogP contribution in [-0.2, 0) is 17.8 Å². The molecule has 4 aromatic rings. The monoisotopic (exact) mass is 492 g/mol. The third-order valence-electron chi connectivity index (χ3n) is 4.77. The van der Waals surface area contributed by atoms with E-state index < -0.39 is 0 Å². The Hall–Kier alpha value is -3.48. The summed E-state index contributed by atoms with van der Waals surface area (Å²) >= 11 is 3.56. The topological polar surface area (TPSA) is 97.9 Å². The molecule has 0 unspecified atom stereocenters. The van der Waals surface area contributed by atoms with Gasteiger partial charge in [-0.3, -0.25) is 4.57 Å². The average Bonchev–Trinajstić information content (AvgIpc) is 3.14. The Morgan fingerprint density at radius 1 is 1.00 bits per heavy atom. The Bertz CT molecular complexity index is 1240. The van der Waals surface area contributed by atoms with Crippen LogP contribution in [0.5, 0.6) is 6.01 Å². The number of benzene rings is 2. The van der Waals surface area contributed by atoms with Gasteiger partial charge in [-0.25, -0.2) is 4.98 Å². The lowest BCUT2D eigenvalue weighted by Gasteiger charge is -2.11. The first-order valence-electron chi connectivity index (χ1n) is 10.0. The third-order valence-corrected chi connectivity index (χ3v) is 5.38. The Kier molecular flexibility index (Phi) is 6.94. The van der Waals surface area contributed by atoms with Gasteiger partial charge in [0.2, 0.25) is 0 Å². The van der Waals surface area contributed by atoms with E-state index in [1.807, 2.05) is 47.0 Å². The van der Waals surface area contributed by atoms with E-state index in [9.17, 15) is 0 Å². The first kappa shape index (κ1) is 21.7. The van der Waals surface area contributed by atoms with Crippen LogP contribution in [0.3, 0.4) is 0 Å². The molecule has 9 heteroatoms. The molecule has 4 rings (SSSR count). The predicted molar refractivity (Wildman–Crippen MR) is 124 cm³/mol. The number of halogens is 1. The molecule has 0 aliphatic rings. The number of aromatic nitrogens is 4. The number of fused-ring (bicyclic) bond motifs is 1. The summed E-state index contributed by atoms with van der Waals surface area (Å²) in [6, 6.07) is 19.9. The molecule has 0 saturated carbocycles. The van der Waals surface area contributed by atoms with Gasteiger partial charge in [-0.05, 0) is 39.2 Å². The number of ether oxygens (including phenoxy) is 2. The van der Waals surface area contributed by atoms with Crippen molar-refractivity contribution in [1.82, 2.24) is 19.5 Å². The van der Waals surface area contributed by atoms with Crippen molar-refractivity contribution >= 4 is 32.9 Å². The van der Waals surface area contributed by atoms with E-state index in [-0.39, 0.29) is 6.01 Å². The molecule has 0 radical (unpaired) electrons. The van der Waals surface area contributed by atoms with Crippen molar-refractivity contribution in [2.24, 2.45) is 0 Å². The molecule has 2 aromatic heterocycles. The maximum Gasteiger partial charge on any atom is 0.320 e. The number of methoxy groups -OCH3 is 1. The van der Waals surface area contributed by atoms with Gasteiger partial charge >= 0.3 is 6.01 Å². The quantitative estimate of drug-likeness (QED) is 0.276. The maximum atomic E-state index is 9.03. The summed E-state index contributed by atoms with van der Waals surface area (Å²) < 4.78 is 13.3. The predicted octanol–water partition coefficient (Wildman–Crippen LogP) is 4.15. The largest absolute Gasteiger partial charge is 0.461 e. The Morgan fingerprint density at radius 2 is 1.78 bits per heavy atom. The summed E-state index contributed by atoms with van der Waals surface area (Å²) in [5, 5.41) is 12.4.